The molecule has 1 atom stereocenters. The predicted molar refractivity (Wildman–Crippen MR) is 39.3 cm³/mol. The maximum atomic E-state index is 6.74. The number of pyridine rings is 1. The maximum Gasteiger partial charge on any atom is 0.247 e. The molecule has 0 amide bonds. The van der Waals surface area contributed by atoms with Gasteiger partial charge in [-0.1, -0.05) is 0 Å². The van der Waals surface area contributed by atoms with Crippen molar-refractivity contribution in [2.75, 3.05) is 0 Å². The van der Waals surface area contributed by atoms with E-state index in [1.807, 2.05) is 19.1 Å². The standard InChI is InChI=1S/C8H8N2/c1-7(9-2)8-4-3-5-10-6-8/h3-7H,1H3/t7-/m1/s1. The van der Waals surface area contributed by atoms with E-state index >= 15 is 0 Å². The number of rotatable bonds is 1. The Morgan fingerprint density at radius 3 is 3.00 bits per heavy atom. The summed E-state index contributed by atoms with van der Waals surface area (Å²) in [6.07, 6.45) is 3.43. The van der Waals surface area contributed by atoms with Gasteiger partial charge in [0, 0.05) is 19.3 Å². The molecule has 0 unspecified atom stereocenters. The lowest BCUT2D eigenvalue weighted by Crippen LogP contribution is -1.85. The first kappa shape index (κ1) is 6.76. The van der Waals surface area contributed by atoms with E-state index in [-0.39, 0.29) is 6.04 Å². The van der Waals surface area contributed by atoms with E-state index in [0.717, 1.165) is 5.56 Å². The average molecular weight is 132 g/mol. The fourth-order valence-electron chi connectivity index (χ4n) is 0.698. The largest absolute Gasteiger partial charge is 0.309 e. The van der Waals surface area contributed by atoms with E-state index in [1.54, 1.807) is 12.4 Å². The zero-order valence-electron chi connectivity index (χ0n) is 5.78. The average Bonchev–Trinajstić information content (AvgIpc) is 2.05. The second-order valence-electron chi connectivity index (χ2n) is 2.09. The van der Waals surface area contributed by atoms with Crippen LogP contribution in [0.4, 0.5) is 0 Å². The first-order chi connectivity index (χ1) is 4.84. The predicted octanol–water partition coefficient (Wildman–Crippen LogP) is 2.06. The van der Waals surface area contributed by atoms with Crippen LogP contribution in [0.2, 0.25) is 0 Å². The molecule has 0 aliphatic rings. The summed E-state index contributed by atoms with van der Waals surface area (Å²) in [4.78, 5) is 7.28. The maximum absolute atomic E-state index is 6.74. The molecule has 0 saturated carbocycles. The molecule has 2 heteroatoms. The fraction of sp³-hybridized carbons (Fsp3) is 0.250. The van der Waals surface area contributed by atoms with Crippen LogP contribution in [0.25, 0.3) is 4.85 Å². The van der Waals surface area contributed by atoms with E-state index in [1.165, 1.54) is 0 Å². The second kappa shape index (κ2) is 2.98. The van der Waals surface area contributed by atoms with Crippen LogP contribution in [0.15, 0.2) is 24.5 Å². The van der Waals surface area contributed by atoms with Crippen molar-refractivity contribution in [3.8, 4) is 0 Å². The van der Waals surface area contributed by atoms with Crippen LogP contribution in [0.3, 0.4) is 0 Å². The SMILES string of the molecule is [C-]#[N+][C@H](C)c1cccnc1. The zero-order valence-corrected chi connectivity index (χ0v) is 5.78. The van der Waals surface area contributed by atoms with Gasteiger partial charge in [-0.25, -0.2) is 6.57 Å². The van der Waals surface area contributed by atoms with Crippen molar-refractivity contribution in [2.45, 2.75) is 13.0 Å². The molecule has 10 heavy (non-hydrogen) atoms. The van der Waals surface area contributed by atoms with Crippen molar-refractivity contribution in [3.63, 3.8) is 0 Å². The number of hydrogen-bond donors (Lipinski definition) is 0. The van der Waals surface area contributed by atoms with Crippen molar-refractivity contribution in [1.29, 1.82) is 0 Å². The molecule has 0 fully saturated rings. The van der Waals surface area contributed by atoms with E-state index in [0.29, 0.717) is 0 Å². The molecule has 1 heterocycles. The summed E-state index contributed by atoms with van der Waals surface area (Å²) in [7, 11) is 0. The highest BCUT2D eigenvalue weighted by atomic mass is 14.7. The zero-order chi connectivity index (χ0) is 7.40. The van der Waals surface area contributed by atoms with Crippen LogP contribution in [0.5, 0.6) is 0 Å². The Morgan fingerprint density at radius 1 is 1.70 bits per heavy atom. The molecular formula is C8H8N2. The minimum Gasteiger partial charge on any atom is -0.309 e. The summed E-state index contributed by atoms with van der Waals surface area (Å²) in [5.41, 5.74) is 0.984. The number of aromatic nitrogens is 1. The molecule has 2 nitrogen and oxygen atoms in total. The molecule has 1 aromatic rings. The van der Waals surface area contributed by atoms with Crippen LogP contribution >= 0.6 is 0 Å². The highest BCUT2D eigenvalue weighted by Gasteiger charge is 2.05. The lowest BCUT2D eigenvalue weighted by atomic mass is 10.2. The topological polar surface area (TPSA) is 17.2 Å². The molecule has 0 spiro atoms. The van der Waals surface area contributed by atoms with Crippen LogP contribution in [-0.4, -0.2) is 4.98 Å². The Labute approximate surface area is 60.3 Å². The number of hydrogen-bond acceptors (Lipinski definition) is 1. The molecule has 1 aromatic heterocycles. The molecule has 1 rings (SSSR count). The Balaban J connectivity index is 2.88. The Kier molecular flexibility index (Phi) is 2.01. The van der Waals surface area contributed by atoms with Gasteiger partial charge < -0.3 is 4.85 Å². The van der Waals surface area contributed by atoms with Gasteiger partial charge in [0.2, 0.25) is 6.04 Å². The van der Waals surface area contributed by atoms with Crippen LogP contribution in [0, 0.1) is 6.57 Å². The van der Waals surface area contributed by atoms with Gasteiger partial charge >= 0.3 is 0 Å². The Hall–Kier alpha value is -1.36. The molecule has 0 aliphatic heterocycles. The minimum absolute atomic E-state index is 0.0614. The first-order valence-electron chi connectivity index (χ1n) is 3.11. The van der Waals surface area contributed by atoms with Gasteiger partial charge in [-0.05, 0) is 12.1 Å². The van der Waals surface area contributed by atoms with Crippen molar-refractivity contribution < 1.29 is 0 Å². The summed E-state index contributed by atoms with van der Waals surface area (Å²) < 4.78 is 0. The molecule has 50 valence electrons. The lowest BCUT2D eigenvalue weighted by Gasteiger charge is -1.95. The quantitative estimate of drug-likeness (QED) is 0.534. The van der Waals surface area contributed by atoms with Crippen LogP contribution in [0.1, 0.15) is 18.5 Å². The molecular weight excluding hydrogens is 124 g/mol. The fourth-order valence-corrected chi connectivity index (χ4v) is 0.698. The third kappa shape index (κ3) is 1.32. The second-order valence-corrected chi connectivity index (χ2v) is 2.09. The Morgan fingerprint density at radius 2 is 2.50 bits per heavy atom. The molecule has 0 aliphatic carbocycles. The summed E-state index contributed by atoms with van der Waals surface area (Å²) >= 11 is 0. The van der Waals surface area contributed by atoms with Crippen molar-refractivity contribution in [3.05, 3.63) is 41.5 Å². The van der Waals surface area contributed by atoms with Gasteiger partial charge in [0.05, 0.1) is 5.56 Å². The molecule has 0 radical (unpaired) electrons. The van der Waals surface area contributed by atoms with Gasteiger partial charge in [0.15, 0.2) is 0 Å². The van der Waals surface area contributed by atoms with Gasteiger partial charge in [-0.15, -0.1) is 0 Å². The molecule has 0 aromatic carbocycles. The van der Waals surface area contributed by atoms with Crippen molar-refractivity contribution >= 4 is 0 Å². The van der Waals surface area contributed by atoms with Crippen molar-refractivity contribution in [1.82, 2.24) is 4.98 Å². The monoisotopic (exact) mass is 132 g/mol. The summed E-state index contributed by atoms with van der Waals surface area (Å²) in [5.74, 6) is 0. The van der Waals surface area contributed by atoms with E-state index in [4.69, 9.17) is 6.57 Å². The third-order valence-corrected chi connectivity index (χ3v) is 1.36. The van der Waals surface area contributed by atoms with Gasteiger partial charge in [0.25, 0.3) is 0 Å². The van der Waals surface area contributed by atoms with E-state index in [9.17, 15) is 0 Å². The van der Waals surface area contributed by atoms with Gasteiger partial charge in [-0.3, -0.25) is 4.98 Å². The van der Waals surface area contributed by atoms with Crippen LogP contribution < -0.4 is 0 Å². The lowest BCUT2D eigenvalue weighted by molar-refractivity contribution is 0.948. The molecule has 0 bridgehead atoms. The van der Waals surface area contributed by atoms with Crippen molar-refractivity contribution in [2.24, 2.45) is 0 Å². The minimum atomic E-state index is -0.0614. The van der Waals surface area contributed by atoms with Gasteiger partial charge in [0.1, 0.15) is 0 Å². The molecule has 0 N–H and O–H groups in total. The highest BCUT2D eigenvalue weighted by molar-refractivity contribution is 5.15. The van der Waals surface area contributed by atoms with E-state index in [2.05, 4.69) is 9.83 Å². The summed E-state index contributed by atoms with van der Waals surface area (Å²) in [6.45, 7) is 8.61. The van der Waals surface area contributed by atoms with Gasteiger partial charge in [-0.2, -0.15) is 0 Å². The van der Waals surface area contributed by atoms with E-state index < -0.39 is 0 Å². The van der Waals surface area contributed by atoms with Crippen LogP contribution in [-0.2, 0) is 0 Å². The normalized spacial score (nSPS) is 12.0. The highest BCUT2D eigenvalue weighted by Crippen LogP contribution is 2.13. The smallest absolute Gasteiger partial charge is 0.247 e. The summed E-state index contributed by atoms with van der Waals surface area (Å²) in [5, 5.41) is 0. The number of nitrogens with zero attached hydrogens (tertiary/aromatic N) is 2. The third-order valence-electron chi connectivity index (χ3n) is 1.36. The summed E-state index contributed by atoms with van der Waals surface area (Å²) in [6, 6.07) is 3.70. The Bertz CT molecular complexity index is 235. The molecule has 0 saturated heterocycles. The first-order valence-corrected chi connectivity index (χ1v) is 3.11.